The van der Waals surface area contributed by atoms with Gasteiger partial charge in [0.05, 0.1) is 23.4 Å². The summed E-state index contributed by atoms with van der Waals surface area (Å²) >= 11 is 6.14. The van der Waals surface area contributed by atoms with Crippen molar-refractivity contribution in [2.24, 2.45) is 10.2 Å². The first-order chi connectivity index (χ1) is 11.5. The Bertz CT molecular complexity index is 963. The number of fused-ring (bicyclic) bond motifs is 1. The van der Waals surface area contributed by atoms with Crippen molar-refractivity contribution >= 4 is 34.7 Å². The van der Waals surface area contributed by atoms with Crippen molar-refractivity contribution in [2.45, 2.75) is 13.8 Å². The Hall–Kier alpha value is -2.73. The summed E-state index contributed by atoms with van der Waals surface area (Å²) in [4.78, 5) is 16.1. The van der Waals surface area contributed by atoms with E-state index in [-0.39, 0.29) is 0 Å². The summed E-state index contributed by atoms with van der Waals surface area (Å²) in [5.74, 6) is 0.165. The molecule has 0 saturated carbocycles. The van der Waals surface area contributed by atoms with Crippen LogP contribution in [-0.4, -0.2) is 22.5 Å². The molecule has 0 atom stereocenters. The van der Waals surface area contributed by atoms with E-state index in [1.165, 1.54) is 7.11 Å². The van der Waals surface area contributed by atoms with Crippen LogP contribution in [0, 0.1) is 13.8 Å². The summed E-state index contributed by atoms with van der Waals surface area (Å²) in [5.41, 5.74) is 3.39. The van der Waals surface area contributed by atoms with E-state index in [0.29, 0.717) is 22.1 Å². The zero-order chi connectivity index (χ0) is 17.3. The number of rotatable bonds is 3. The van der Waals surface area contributed by atoms with Crippen LogP contribution >= 0.6 is 11.6 Å². The van der Waals surface area contributed by atoms with E-state index >= 15 is 0 Å². The first-order valence-corrected chi connectivity index (χ1v) is 7.62. The number of aryl methyl sites for hydroxylation is 2. The van der Waals surface area contributed by atoms with Crippen molar-refractivity contribution < 1.29 is 9.53 Å². The molecule has 24 heavy (non-hydrogen) atoms. The Balaban J connectivity index is 2.04. The quantitative estimate of drug-likeness (QED) is 0.506. The Morgan fingerprint density at radius 1 is 1.21 bits per heavy atom. The van der Waals surface area contributed by atoms with Crippen LogP contribution in [0.5, 0.6) is 0 Å². The number of ether oxygens (including phenoxy) is 1. The van der Waals surface area contributed by atoms with Gasteiger partial charge in [0.2, 0.25) is 0 Å². The molecule has 0 spiro atoms. The van der Waals surface area contributed by atoms with Crippen LogP contribution in [0.2, 0.25) is 5.02 Å². The molecule has 0 N–H and O–H groups in total. The van der Waals surface area contributed by atoms with Gasteiger partial charge in [0.15, 0.2) is 5.82 Å². The molecule has 0 fully saturated rings. The monoisotopic (exact) mass is 342 g/mol. The number of azo groups is 1. The summed E-state index contributed by atoms with van der Waals surface area (Å²) < 4.78 is 6.57. The lowest BCUT2D eigenvalue weighted by Gasteiger charge is -2.02. The predicted molar refractivity (Wildman–Crippen MR) is 91.6 cm³/mol. The van der Waals surface area contributed by atoms with Gasteiger partial charge in [-0.25, -0.2) is 9.78 Å². The zero-order valence-corrected chi connectivity index (χ0v) is 14.2. The van der Waals surface area contributed by atoms with Crippen molar-refractivity contribution in [3.8, 4) is 0 Å². The lowest BCUT2D eigenvalue weighted by Crippen LogP contribution is -2.00. The SMILES string of the molecule is COC(=O)c1ccc(Cl)c(N=Nc2c(C)nc3ccc(C)cn23)c1. The second-order valence-electron chi connectivity index (χ2n) is 5.31. The normalized spacial score (nSPS) is 11.3. The largest absolute Gasteiger partial charge is 0.465 e. The van der Waals surface area contributed by atoms with Crippen molar-refractivity contribution in [1.82, 2.24) is 9.38 Å². The van der Waals surface area contributed by atoms with Crippen molar-refractivity contribution in [3.05, 3.63) is 58.4 Å². The van der Waals surface area contributed by atoms with Crippen LogP contribution in [-0.2, 0) is 4.74 Å². The molecule has 0 unspecified atom stereocenters. The van der Waals surface area contributed by atoms with Gasteiger partial charge < -0.3 is 4.74 Å². The molecule has 0 saturated heterocycles. The number of carbonyl (C=O) groups is 1. The Morgan fingerprint density at radius 3 is 2.75 bits per heavy atom. The summed E-state index contributed by atoms with van der Waals surface area (Å²) in [7, 11) is 1.32. The van der Waals surface area contributed by atoms with Crippen molar-refractivity contribution in [1.29, 1.82) is 0 Å². The number of imidazole rings is 1. The van der Waals surface area contributed by atoms with Gasteiger partial charge in [-0.1, -0.05) is 17.7 Å². The van der Waals surface area contributed by atoms with Gasteiger partial charge in [0.1, 0.15) is 11.3 Å². The van der Waals surface area contributed by atoms with Gasteiger partial charge in [-0.2, -0.15) is 0 Å². The average molecular weight is 343 g/mol. The van der Waals surface area contributed by atoms with E-state index in [9.17, 15) is 4.79 Å². The molecule has 0 radical (unpaired) electrons. The van der Waals surface area contributed by atoms with Crippen LogP contribution in [0.4, 0.5) is 11.5 Å². The van der Waals surface area contributed by atoms with Crippen LogP contribution in [0.25, 0.3) is 5.65 Å². The molecule has 6 nitrogen and oxygen atoms in total. The highest BCUT2D eigenvalue weighted by Gasteiger charge is 2.11. The van der Waals surface area contributed by atoms with Crippen molar-refractivity contribution in [3.63, 3.8) is 0 Å². The number of halogens is 1. The number of pyridine rings is 1. The fourth-order valence-corrected chi connectivity index (χ4v) is 2.47. The molecule has 7 heteroatoms. The third-order valence-corrected chi connectivity index (χ3v) is 3.85. The molecule has 3 rings (SSSR count). The molecule has 2 heterocycles. The highest BCUT2D eigenvalue weighted by molar-refractivity contribution is 6.33. The Labute approximate surface area is 143 Å². The van der Waals surface area contributed by atoms with Gasteiger partial charge in [-0.15, -0.1) is 10.2 Å². The summed E-state index contributed by atoms with van der Waals surface area (Å²) in [6.45, 7) is 3.86. The number of methoxy groups -OCH3 is 1. The van der Waals surface area contributed by atoms with Crippen molar-refractivity contribution in [2.75, 3.05) is 7.11 Å². The molecule has 3 aromatic rings. The molecule has 0 aliphatic carbocycles. The zero-order valence-electron chi connectivity index (χ0n) is 13.4. The van der Waals surface area contributed by atoms with Gasteiger partial charge in [0, 0.05) is 6.20 Å². The summed E-state index contributed by atoms with van der Waals surface area (Å²) in [6.07, 6.45) is 1.94. The molecular weight excluding hydrogens is 328 g/mol. The lowest BCUT2D eigenvalue weighted by molar-refractivity contribution is 0.0601. The molecule has 0 bridgehead atoms. The lowest BCUT2D eigenvalue weighted by atomic mass is 10.2. The third-order valence-electron chi connectivity index (χ3n) is 3.53. The Morgan fingerprint density at radius 2 is 2.00 bits per heavy atom. The Kier molecular flexibility index (Phi) is 4.31. The third kappa shape index (κ3) is 3.00. The first-order valence-electron chi connectivity index (χ1n) is 7.24. The molecule has 0 aliphatic heterocycles. The highest BCUT2D eigenvalue weighted by Crippen LogP contribution is 2.29. The average Bonchev–Trinajstić information content (AvgIpc) is 2.88. The highest BCUT2D eigenvalue weighted by atomic mass is 35.5. The minimum Gasteiger partial charge on any atom is -0.465 e. The van der Waals surface area contributed by atoms with E-state index in [2.05, 4.69) is 15.2 Å². The van der Waals surface area contributed by atoms with E-state index in [0.717, 1.165) is 16.9 Å². The number of benzene rings is 1. The smallest absolute Gasteiger partial charge is 0.337 e. The maximum atomic E-state index is 11.6. The molecule has 0 amide bonds. The fraction of sp³-hybridized carbons (Fsp3) is 0.176. The van der Waals surface area contributed by atoms with Crippen LogP contribution in [0.3, 0.4) is 0 Å². The maximum Gasteiger partial charge on any atom is 0.337 e. The fourth-order valence-electron chi connectivity index (χ4n) is 2.31. The number of nitrogens with zero attached hydrogens (tertiary/aromatic N) is 4. The van der Waals surface area contributed by atoms with Crippen LogP contribution in [0.15, 0.2) is 46.8 Å². The van der Waals surface area contributed by atoms with Gasteiger partial charge in [-0.05, 0) is 43.7 Å². The van der Waals surface area contributed by atoms with Gasteiger partial charge in [-0.3, -0.25) is 4.40 Å². The number of hydrogen-bond donors (Lipinski definition) is 0. The molecule has 1 aromatic carbocycles. The minimum atomic E-state index is -0.454. The number of carbonyl (C=O) groups excluding carboxylic acids is 1. The van der Waals surface area contributed by atoms with Crippen LogP contribution < -0.4 is 0 Å². The topological polar surface area (TPSA) is 68.3 Å². The standard InChI is InChI=1S/C17H15ClN4O2/c1-10-4-7-15-19-11(2)16(22(15)9-10)21-20-14-8-12(17(23)24-3)5-6-13(14)18/h4-9H,1-3H3. The second-order valence-corrected chi connectivity index (χ2v) is 5.72. The molecule has 0 aliphatic rings. The number of esters is 1. The number of hydrogen-bond acceptors (Lipinski definition) is 5. The number of aromatic nitrogens is 2. The molecule has 122 valence electrons. The summed E-state index contributed by atoms with van der Waals surface area (Å²) in [6, 6.07) is 8.62. The molecule has 2 aromatic heterocycles. The first kappa shape index (κ1) is 16.1. The molecular formula is C17H15ClN4O2. The van der Waals surface area contributed by atoms with E-state index in [1.54, 1.807) is 18.2 Å². The van der Waals surface area contributed by atoms with Crippen LogP contribution in [0.1, 0.15) is 21.6 Å². The van der Waals surface area contributed by atoms with E-state index < -0.39 is 5.97 Å². The van der Waals surface area contributed by atoms with Gasteiger partial charge in [0.25, 0.3) is 0 Å². The predicted octanol–water partition coefficient (Wildman–Crippen LogP) is 4.81. The summed E-state index contributed by atoms with van der Waals surface area (Å²) in [5, 5.41) is 8.87. The minimum absolute atomic E-state index is 0.363. The maximum absolute atomic E-state index is 11.6. The van der Waals surface area contributed by atoms with Gasteiger partial charge >= 0.3 is 5.97 Å². The van der Waals surface area contributed by atoms with E-state index in [4.69, 9.17) is 16.3 Å². The second kappa shape index (κ2) is 6.41. The van der Waals surface area contributed by atoms with E-state index in [1.807, 2.05) is 36.6 Å².